The summed E-state index contributed by atoms with van der Waals surface area (Å²) >= 11 is 0. The monoisotopic (exact) mass is 322 g/mol. The predicted molar refractivity (Wildman–Crippen MR) is 87.6 cm³/mol. The Hall–Kier alpha value is -1.88. The maximum Gasteiger partial charge on any atom is 0.330 e. The molecule has 23 heavy (non-hydrogen) atoms. The molecule has 128 valence electrons. The number of methoxy groups -OCH3 is 1. The molecule has 0 amide bonds. The van der Waals surface area contributed by atoms with E-state index in [1.165, 1.54) is 20.1 Å². The third-order valence-corrected chi connectivity index (χ3v) is 4.23. The van der Waals surface area contributed by atoms with E-state index in [0.717, 1.165) is 0 Å². The van der Waals surface area contributed by atoms with E-state index in [1.54, 1.807) is 32.1 Å². The second-order valence-corrected chi connectivity index (χ2v) is 6.60. The van der Waals surface area contributed by atoms with Crippen LogP contribution in [0.15, 0.2) is 35.5 Å². The van der Waals surface area contributed by atoms with Gasteiger partial charge in [-0.05, 0) is 43.6 Å². The minimum Gasteiger partial charge on any atom is -0.466 e. The fraction of sp³-hybridized carbons (Fsp3) is 0.556. The third-order valence-electron chi connectivity index (χ3n) is 4.23. The Labute approximate surface area is 137 Å². The van der Waals surface area contributed by atoms with Crippen LogP contribution in [0.25, 0.3) is 0 Å². The molecule has 1 rings (SSSR count). The number of ether oxygens (including phenoxy) is 2. The maximum atomic E-state index is 11.2. The Morgan fingerprint density at radius 1 is 1.35 bits per heavy atom. The number of allylic oxidation sites excluding steroid dienone is 2. The largest absolute Gasteiger partial charge is 0.466 e. The van der Waals surface area contributed by atoms with Crippen molar-refractivity contribution in [1.29, 1.82) is 0 Å². The summed E-state index contributed by atoms with van der Waals surface area (Å²) < 4.78 is 9.84. The number of esters is 2. The van der Waals surface area contributed by atoms with Gasteiger partial charge in [0.2, 0.25) is 0 Å². The van der Waals surface area contributed by atoms with E-state index >= 15 is 0 Å². The van der Waals surface area contributed by atoms with Crippen molar-refractivity contribution in [3.63, 3.8) is 0 Å². The molecule has 0 heterocycles. The number of hydrogen-bond acceptors (Lipinski definition) is 5. The molecule has 0 unspecified atom stereocenters. The number of rotatable bonds is 4. The smallest absolute Gasteiger partial charge is 0.330 e. The quantitative estimate of drug-likeness (QED) is 0.373. The first-order chi connectivity index (χ1) is 10.5. The molecule has 0 spiro atoms. The van der Waals surface area contributed by atoms with Gasteiger partial charge in [0.05, 0.1) is 7.11 Å². The first-order valence-corrected chi connectivity index (χ1v) is 7.56. The molecule has 1 aliphatic rings. The number of carbonyl (C=O) groups is 2. The van der Waals surface area contributed by atoms with E-state index < -0.39 is 17.0 Å². The van der Waals surface area contributed by atoms with Gasteiger partial charge in [0.15, 0.2) is 0 Å². The summed E-state index contributed by atoms with van der Waals surface area (Å²) in [5, 5.41) is 11.1. The van der Waals surface area contributed by atoms with Crippen molar-refractivity contribution < 1.29 is 24.2 Å². The summed E-state index contributed by atoms with van der Waals surface area (Å²) in [6.45, 7) is 8.78. The lowest BCUT2D eigenvalue weighted by molar-refractivity contribution is -0.147. The molecular formula is C18H26O5. The third kappa shape index (κ3) is 4.55. The van der Waals surface area contributed by atoms with Crippen molar-refractivity contribution in [1.82, 2.24) is 0 Å². The summed E-state index contributed by atoms with van der Waals surface area (Å²) in [5.41, 5.74) is -0.332. The van der Waals surface area contributed by atoms with E-state index in [1.807, 2.05) is 13.8 Å². The SMILES string of the molecule is COC(=O)/C=C(C)/C=C/[C@@]1(O)C(C)=C[C@@H](OC(C)=O)CC1(C)C. The van der Waals surface area contributed by atoms with Crippen LogP contribution in [0.2, 0.25) is 0 Å². The molecular weight excluding hydrogens is 296 g/mol. The highest BCUT2D eigenvalue weighted by atomic mass is 16.5. The van der Waals surface area contributed by atoms with Gasteiger partial charge in [0.1, 0.15) is 11.7 Å². The molecule has 0 radical (unpaired) electrons. The normalized spacial score (nSPS) is 27.5. The summed E-state index contributed by atoms with van der Waals surface area (Å²) in [6, 6.07) is 0. The first-order valence-electron chi connectivity index (χ1n) is 7.56. The molecule has 0 aromatic rings. The molecule has 0 saturated heterocycles. The van der Waals surface area contributed by atoms with Crippen LogP contribution < -0.4 is 0 Å². The van der Waals surface area contributed by atoms with Crippen molar-refractivity contribution in [2.45, 2.75) is 52.7 Å². The second kappa shape index (κ2) is 7.13. The van der Waals surface area contributed by atoms with Gasteiger partial charge in [-0.2, -0.15) is 0 Å². The van der Waals surface area contributed by atoms with Gasteiger partial charge in [-0.25, -0.2) is 4.79 Å². The van der Waals surface area contributed by atoms with Crippen LogP contribution >= 0.6 is 0 Å². The minimum atomic E-state index is -1.19. The Morgan fingerprint density at radius 2 is 1.96 bits per heavy atom. The average molecular weight is 322 g/mol. The number of carbonyl (C=O) groups excluding carboxylic acids is 2. The van der Waals surface area contributed by atoms with Crippen LogP contribution in [0.1, 0.15) is 41.0 Å². The predicted octanol–water partition coefficient (Wildman–Crippen LogP) is 2.70. The molecule has 0 aromatic carbocycles. The van der Waals surface area contributed by atoms with E-state index in [9.17, 15) is 14.7 Å². The summed E-state index contributed by atoms with van der Waals surface area (Å²) in [7, 11) is 1.32. The van der Waals surface area contributed by atoms with Crippen LogP contribution in [0.4, 0.5) is 0 Å². The molecule has 0 aliphatic heterocycles. The van der Waals surface area contributed by atoms with Gasteiger partial charge < -0.3 is 14.6 Å². The van der Waals surface area contributed by atoms with Crippen molar-refractivity contribution in [2.75, 3.05) is 7.11 Å². The van der Waals surface area contributed by atoms with E-state index in [4.69, 9.17) is 4.74 Å². The van der Waals surface area contributed by atoms with Crippen molar-refractivity contribution in [3.05, 3.63) is 35.5 Å². The number of hydrogen-bond donors (Lipinski definition) is 1. The molecule has 0 fully saturated rings. The lowest BCUT2D eigenvalue weighted by atomic mass is 9.64. The highest BCUT2D eigenvalue weighted by Crippen LogP contribution is 2.46. The van der Waals surface area contributed by atoms with E-state index in [0.29, 0.717) is 17.6 Å². The van der Waals surface area contributed by atoms with Gasteiger partial charge in [0.25, 0.3) is 0 Å². The van der Waals surface area contributed by atoms with Crippen molar-refractivity contribution in [3.8, 4) is 0 Å². The van der Waals surface area contributed by atoms with Crippen LogP contribution in [-0.4, -0.2) is 35.9 Å². The summed E-state index contributed by atoms with van der Waals surface area (Å²) in [6.07, 6.45) is 6.67. The Morgan fingerprint density at radius 3 is 2.43 bits per heavy atom. The standard InChI is InChI=1S/C18H26O5/c1-12(9-16(20)22-6)7-8-18(21)13(2)10-15(23-14(3)19)11-17(18,4)5/h7-10,15,21H,11H2,1-6H3/b8-7+,12-9+/t15-,18-/m1/s1. The molecule has 0 aromatic heterocycles. The fourth-order valence-electron chi connectivity index (χ4n) is 2.85. The summed E-state index contributed by atoms with van der Waals surface area (Å²) in [4.78, 5) is 22.4. The molecule has 1 N–H and O–H groups in total. The zero-order valence-electron chi connectivity index (χ0n) is 14.7. The van der Waals surface area contributed by atoms with Gasteiger partial charge in [-0.3, -0.25) is 4.79 Å². The Balaban J connectivity index is 3.10. The zero-order valence-corrected chi connectivity index (χ0v) is 14.7. The Bertz CT molecular complexity index is 568. The van der Waals surface area contributed by atoms with E-state index in [2.05, 4.69) is 4.74 Å². The molecule has 2 atom stereocenters. The van der Waals surface area contributed by atoms with Crippen LogP contribution in [0.5, 0.6) is 0 Å². The highest BCUT2D eigenvalue weighted by Gasteiger charge is 2.47. The second-order valence-electron chi connectivity index (χ2n) is 6.60. The average Bonchev–Trinajstić information content (AvgIpc) is 2.41. The van der Waals surface area contributed by atoms with Crippen molar-refractivity contribution in [2.24, 2.45) is 5.41 Å². The van der Waals surface area contributed by atoms with Gasteiger partial charge >= 0.3 is 11.9 Å². The van der Waals surface area contributed by atoms with Crippen LogP contribution in [0.3, 0.4) is 0 Å². The molecule has 0 saturated carbocycles. The van der Waals surface area contributed by atoms with Gasteiger partial charge in [-0.1, -0.05) is 19.9 Å². The maximum absolute atomic E-state index is 11.2. The van der Waals surface area contributed by atoms with Gasteiger partial charge in [0, 0.05) is 18.4 Å². The lowest BCUT2D eigenvalue weighted by Gasteiger charge is -2.46. The first kappa shape index (κ1) is 19.2. The summed E-state index contributed by atoms with van der Waals surface area (Å²) in [5.74, 6) is -0.781. The Kier molecular flexibility index (Phi) is 5.94. The lowest BCUT2D eigenvalue weighted by Crippen LogP contribution is -2.49. The minimum absolute atomic E-state index is 0.340. The van der Waals surface area contributed by atoms with Crippen molar-refractivity contribution >= 4 is 11.9 Å². The van der Waals surface area contributed by atoms with Crippen LogP contribution in [-0.2, 0) is 19.1 Å². The molecule has 5 nitrogen and oxygen atoms in total. The topological polar surface area (TPSA) is 72.8 Å². The molecule has 0 bridgehead atoms. The number of aliphatic hydroxyl groups is 1. The van der Waals surface area contributed by atoms with Gasteiger partial charge in [-0.15, -0.1) is 0 Å². The zero-order chi connectivity index (χ0) is 17.8. The van der Waals surface area contributed by atoms with E-state index in [-0.39, 0.29) is 12.1 Å². The highest BCUT2D eigenvalue weighted by molar-refractivity contribution is 5.83. The molecule has 1 aliphatic carbocycles. The molecule has 5 heteroatoms. The fourth-order valence-corrected chi connectivity index (χ4v) is 2.85. The van der Waals surface area contributed by atoms with Crippen LogP contribution in [0, 0.1) is 5.41 Å².